The molecule has 2 N–H and O–H groups in total. The fourth-order valence-corrected chi connectivity index (χ4v) is 2.97. The maximum absolute atomic E-state index is 4.66. The normalized spacial score (nSPS) is 22.6. The van der Waals surface area contributed by atoms with Gasteiger partial charge in [-0.1, -0.05) is 40.0 Å². The Kier molecular flexibility index (Phi) is 6.27. The van der Waals surface area contributed by atoms with Crippen molar-refractivity contribution < 1.29 is 0 Å². The smallest absolute Gasteiger partial charge is 0.132 e. The molecular weight excluding hydrogens is 260 g/mol. The van der Waals surface area contributed by atoms with Gasteiger partial charge in [0.2, 0.25) is 0 Å². The molecule has 1 saturated carbocycles. The van der Waals surface area contributed by atoms with Crippen molar-refractivity contribution in [2.24, 2.45) is 5.92 Å². The maximum Gasteiger partial charge on any atom is 0.132 e. The lowest BCUT2D eigenvalue weighted by Gasteiger charge is -2.23. The molecule has 0 spiro atoms. The second-order valence-electron chi connectivity index (χ2n) is 6.20. The summed E-state index contributed by atoms with van der Waals surface area (Å²) in [7, 11) is 0. The Hall–Kier alpha value is -1.32. The standard InChI is InChI=1S/C17H30N4/c1-4-11-18-16-12-17(21-15(5-2)20-16)19-14-10-8-6-7-9-13(14)3/h12-14H,4-11H2,1-3H3,(H2,18,19,20,21). The number of anilines is 2. The number of hydrogen-bond donors (Lipinski definition) is 2. The van der Waals surface area contributed by atoms with Gasteiger partial charge < -0.3 is 10.6 Å². The topological polar surface area (TPSA) is 49.8 Å². The lowest BCUT2D eigenvalue weighted by atomic mass is 9.97. The minimum atomic E-state index is 0.547. The molecule has 0 amide bonds. The van der Waals surface area contributed by atoms with Crippen LogP contribution in [0.15, 0.2) is 6.07 Å². The highest BCUT2D eigenvalue weighted by molar-refractivity contribution is 5.48. The molecule has 2 unspecified atom stereocenters. The Balaban J connectivity index is 2.09. The highest BCUT2D eigenvalue weighted by Crippen LogP contribution is 2.26. The van der Waals surface area contributed by atoms with E-state index in [1.807, 2.05) is 0 Å². The van der Waals surface area contributed by atoms with Gasteiger partial charge in [-0.3, -0.25) is 0 Å². The zero-order valence-electron chi connectivity index (χ0n) is 13.8. The van der Waals surface area contributed by atoms with Crippen LogP contribution in [0.5, 0.6) is 0 Å². The molecule has 1 fully saturated rings. The highest BCUT2D eigenvalue weighted by atomic mass is 15.1. The van der Waals surface area contributed by atoms with Gasteiger partial charge in [-0.05, 0) is 25.2 Å². The average Bonchev–Trinajstić information content (AvgIpc) is 2.70. The van der Waals surface area contributed by atoms with Gasteiger partial charge in [0.15, 0.2) is 0 Å². The first-order chi connectivity index (χ1) is 10.2. The fourth-order valence-electron chi connectivity index (χ4n) is 2.97. The predicted molar refractivity (Wildman–Crippen MR) is 89.9 cm³/mol. The summed E-state index contributed by atoms with van der Waals surface area (Å²) in [5.74, 6) is 3.58. The predicted octanol–water partition coefficient (Wildman–Crippen LogP) is 4.24. The van der Waals surface area contributed by atoms with Crippen molar-refractivity contribution in [1.29, 1.82) is 0 Å². The number of nitrogens with zero attached hydrogens (tertiary/aromatic N) is 2. The first-order valence-electron chi connectivity index (χ1n) is 8.61. The molecule has 1 aromatic heterocycles. The molecule has 1 aromatic rings. The van der Waals surface area contributed by atoms with Gasteiger partial charge in [0, 0.05) is 25.1 Å². The largest absolute Gasteiger partial charge is 0.370 e. The third kappa shape index (κ3) is 4.87. The summed E-state index contributed by atoms with van der Waals surface area (Å²) >= 11 is 0. The van der Waals surface area contributed by atoms with Crippen LogP contribution in [0.1, 0.15) is 65.1 Å². The molecule has 21 heavy (non-hydrogen) atoms. The van der Waals surface area contributed by atoms with Crippen LogP contribution in [0.3, 0.4) is 0 Å². The SMILES string of the molecule is CCCNc1cc(NC2CCCCCC2C)nc(CC)n1. The molecule has 1 heterocycles. The van der Waals surface area contributed by atoms with E-state index in [2.05, 4.69) is 47.4 Å². The number of hydrogen-bond acceptors (Lipinski definition) is 4. The van der Waals surface area contributed by atoms with E-state index in [0.717, 1.165) is 42.8 Å². The molecule has 4 heteroatoms. The summed E-state index contributed by atoms with van der Waals surface area (Å²) in [5, 5.41) is 7.05. The van der Waals surface area contributed by atoms with E-state index >= 15 is 0 Å². The fraction of sp³-hybridized carbons (Fsp3) is 0.765. The van der Waals surface area contributed by atoms with E-state index in [-0.39, 0.29) is 0 Å². The summed E-state index contributed by atoms with van der Waals surface area (Å²) in [6.45, 7) is 7.60. The quantitative estimate of drug-likeness (QED) is 0.769. The molecule has 0 aliphatic heterocycles. The second kappa shape index (κ2) is 8.20. The first kappa shape index (κ1) is 16.1. The van der Waals surface area contributed by atoms with Gasteiger partial charge in [-0.2, -0.15) is 0 Å². The zero-order chi connectivity index (χ0) is 15.1. The van der Waals surface area contributed by atoms with E-state index in [4.69, 9.17) is 0 Å². The van der Waals surface area contributed by atoms with Crippen LogP contribution in [0, 0.1) is 5.92 Å². The second-order valence-corrected chi connectivity index (χ2v) is 6.20. The van der Waals surface area contributed by atoms with Crippen LogP contribution in [0.2, 0.25) is 0 Å². The van der Waals surface area contributed by atoms with Gasteiger partial charge in [0.25, 0.3) is 0 Å². The summed E-state index contributed by atoms with van der Waals surface area (Å²) in [6.07, 6.45) is 8.62. The van der Waals surface area contributed by atoms with Crippen molar-refractivity contribution in [3.8, 4) is 0 Å². The zero-order valence-corrected chi connectivity index (χ0v) is 13.8. The summed E-state index contributed by atoms with van der Waals surface area (Å²) in [5.41, 5.74) is 0. The Morgan fingerprint density at radius 3 is 2.62 bits per heavy atom. The Morgan fingerprint density at radius 1 is 1.10 bits per heavy atom. The van der Waals surface area contributed by atoms with E-state index in [9.17, 15) is 0 Å². The average molecular weight is 290 g/mol. The molecule has 2 rings (SSSR count). The van der Waals surface area contributed by atoms with Crippen molar-refractivity contribution in [3.05, 3.63) is 11.9 Å². The van der Waals surface area contributed by atoms with E-state index in [1.165, 1.54) is 32.1 Å². The summed E-state index contributed by atoms with van der Waals surface area (Å²) in [4.78, 5) is 9.21. The minimum Gasteiger partial charge on any atom is -0.370 e. The van der Waals surface area contributed by atoms with E-state index in [0.29, 0.717) is 6.04 Å². The number of aryl methyl sites for hydroxylation is 1. The third-order valence-corrected chi connectivity index (χ3v) is 4.34. The minimum absolute atomic E-state index is 0.547. The number of aromatic nitrogens is 2. The van der Waals surface area contributed by atoms with Crippen molar-refractivity contribution >= 4 is 11.6 Å². The molecule has 4 nitrogen and oxygen atoms in total. The Labute approximate surface area is 129 Å². The van der Waals surface area contributed by atoms with E-state index < -0.39 is 0 Å². The van der Waals surface area contributed by atoms with Gasteiger partial charge in [0.1, 0.15) is 17.5 Å². The van der Waals surface area contributed by atoms with Crippen LogP contribution in [0.4, 0.5) is 11.6 Å². The first-order valence-corrected chi connectivity index (χ1v) is 8.61. The molecule has 2 atom stereocenters. The van der Waals surface area contributed by atoms with Crippen molar-refractivity contribution in [1.82, 2.24) is 9.97 Å². The third-order valence-electron chi connectivity index (χ3n) is 4.34. The Morgan fingerprint density at radius 2 is 1.86 bits per heavy atom. The molecule has 1 aliphatic rings. The molecule has 0 radical (unpaired) electrons. The summed E-state index contributed by atoms with van der Waals surface area (Å²) < 4.78 is 0. The molecule has 0 aromatic carbocycles. The van der Waals surface area contributed by atoms with E-state index in [1.54, 1.807) is 0 Å². The van der Waals surface area contributed by atoms with Crippen LogP contribution in [0.25, 0.3) is 0 Å². The molecular formula is C17H30N4. The number of rotatable bonds is 6. The van der Waals surface area contributed by atoms with Crippen molar-refractivity contribution in [2.75, 3.05) is 17.2 Å². The van der Waals surface area contributed by atoms with Crippen LogP contribution in [-0.4, -0.2) is 22.6 Å². The van der Waals surface area contributed by atoms with Crippen LogP contribution < -0.4 is 10.6 Å². The van der Waals surface area contributed by atoms with Gasteiger partial charge >= 0.3 is 0 Å². The molecule has 0 bridgehead atoms. The number of nitrogens with one attached hydrogen (secondary N) is 2. The van der Waals surface area contributed by atoms with Crippen molar-refractivity contribution in [3.63, 3.8) is 0 Å². The Bertz CT molecular complexity index is 433. The van der Waals surface area contributed by atoms with Gasteiger partial charge in [0.05, 0.1) is 0 Å². The molecule has 118 valence electrons. The van der Waals surface area contributed by atoms with Gasteiger partial charge in [-0.15, -0.1) is 0 Å². The lowest BCUT2D eigenvalue weighted by Crippen LogP contribution is -2.27. The molecule has 0 saturated heterocycles. The van der Waals surface area contributed by atoms with Gasteiger partial charge in [-0.25, -0.2) is 9.97 Å². The monoisotopic (exact) mass is 290 g/mol. The summed E-state index contributed by atoms with van der Waals surface area (Å²) in [6, 6.07) is 2.61. The molecule has 1 aliphatic carbocycles. The van der Waals surface area contributed by atoms with Crippen molar-refractivity contribution in [2.45, 2.75) is 71.8 Å². The highest BCUT2D eigenvalue weighted by Gasteiger charge is 2.20. The van der Waals surface area contributed by atoms with Crippen LogP contribution in [-0.2, 0) is 6.42 Å². The lowest BCUT2D eigenvalue weighted by molar-refractivity contribution is 0.455. The maximum atomic E-state index is 4.66. The van der Waals surface area contributed by atoms with Crippen LogP contribution >= 0.6 is 0 Å².